The molecule has 4 fully saturated rings. The Hall–Kier alpha value is -1.59. The Morgan fingerprint density at radius 2 is 2.12 bits per heavy atom. The Balaban J connectivity index is 1.25. The molecule has 1 aromatic heterocycles. The highest BCUT2D eigenvalue weighted by atomic mass is 16.5. The number of amides is 2. The first-order chi connectivity index (χ1) is 11.9. The van der Waals surface area contributed by atoms with Crippen molar-refractivity contribution in [3.63, 3.8) is 0 Å². The summed E-state index contributed by atoms with van der Waals surface area (Å²) in [5.41, 5.74) is 0.460. The quantitative estimate of drug-likeness (QED) is 0.885. The van der Waals surface area contributed by atoms with E-state index in [0.717, 1.165) is 37.1 Å². The van der Waals surface area contributed by atoms with Gasteiger partial charge in [0.15, 0.2) is 5.82 Å². The van der Waals surface area contributed by atoms with E-state index in [1.807, 2.05) is 0 Å². The average Bonchev–Trinajstić information content (AvgIpc) is 2.98. The first kappa shape index (κ1) is 16.9. The summed E-state index contributed by atoms with van der Waals surface area (Å²) in [6.45, 7) is 5.96. The van der Waals surface area contributed by atoms with Crippen LogP contribution in [0.15, 0.2) is 4.52 Å². The average molecular weight is 346 g/mol. The third kappa shape index (κ3) is 3.04. The van der Waals surface area contributed by atoms with E-state index in [0.29, 0.717) is 29.6 Å². The summed E-state index contributed by atoms with van der Waals surface area (Å²) < 4.78 is 5.33. The van der Waals surface area contributed by atoms with Gasteiger partial charge in [0.05, 0.1) is 6.54 Å². The maximum atomic E-state index is 12.4. The van der Waals surface area contributed by atoms with Crippen LogP contribution in [0.25, 0.3) is 0 Å². The molecule has 0 aliphatic heterocycles. The molecule has 0 spiro atoms. The lowest BCUT2D eigenvalue weighted by Gasteiger charge is -2.60. The van der Waals surface area contributed by atoms with Gasteiger partial charge < -0.3 is 14.7 Å². The minimum Gasteiger partial charge on any atom is -0.339 e. The van der Waals surface area contributed by atoms with Crippen LogP contribution in [0.2, 0.25) is 0 Å². The number of carbonyl (C=O) groups excluding carboxylic acids is 1. The van der Waals surface area contributed by atoms with Crippen LogP contribution in [0.1, 0.15) is 70.0 Å². The third-order valence-electron chi connectivity index (χ3n) is 7.18. The van der Waals surface area contributed by atoms with Gasteiger partial charge >= 0.3 is 6.03 Å². The Bertz CT molecular complexity index is 635. The van der Waals surface area contributed by atoms with Crippen molar-refractivity contribution in [3.05, 3.63) is 11.7 Å². The number of carbonyl (C=O) groups is 1. The second kappa shape index (κ2) is 6.29. The molecule has 4 saturated carbocycles. The Kier molecular flexibility index (Phi) is 4.24. The summed E-state index contributed by atoms with van der Waals surface area (Å²) in [4.78, 5) is 18.5. The number of nitrogens with zero attached hydrogens (tertiary/aromatic N) is 3. The van der Waals surface area contributed by atoms with Crippen LogP contribution in [0.5, 0.6) is 0 Å². The third-order valence-corrected chi connectivity index (χ3v) is 7.18. The predicted molar refractivity (Wildman–Crippen MR) is 93.9 cm³/mol. The molecule has 1 heterocycles. The van der Waals surface area contributed by atoms with Gasteiger partial charge in [0.25, 0.3) is 0 Å². The van der Waals surface area contributed by atoms with Gasteiger partial charge in [0.1, 0.15) is 0 Å². The first-order valence-electron chi connectivity index (χ1n) is 9.76. The number of aromatic nitrogens is 2. The van der Waals surface area contributed by atoms with Gasteiger partial charge in [-0.05, 0) is 55.3 Å². The maximum Gasteiger partial charge on any atom is 0.317 e. The molecule has 0 radical (unpaired) electrons. The van der Waals surface area contributed by atoms with Crippen LogP contribution in [0.3, 0.4) is 0 Å². The normalized spacial score (nSPS) is 30.3. The summed E-state index contributed by atoms with van der Waals surface area (Å²) in [5, 5.41) is 7.14. The zero-order chi connectivity index (χ0) is 17.6. The van der Waals surface area contributed by atoms with Gasteiger partial charge in [0, 0.05) is 19.5 Å². The molecule has 0 unspecified atom stereocenters. The van der Waals surface area contributed by atoms with E-state index < -0.39 is 0 Å². The van der Waals surface area contributed by atoms with Crippen molar-refractivity contribution in [1.29, 1.82) is 0 Å². The van der Waals surface area contributed by atoms with E-state index in [2.05, 4.69) is 29.3 Å². The van der Waals surface area contributed by atoms with Gasteiger partial charge in [-0.2, -0.15) is 4.98 Å². The van der Waals surface area contributed by atoms with Crippen molar-refractivity contribution in [2.24, 2.45) is 23.2 Å². The van der Waals surface area contributed by atoms with E-state index in [1.54, 1.807) is 11.9 Å². The van der Waals surface area contributed by atoms with Crippen LogP contribution in [-0.2, 0) is 6.54 Å². The largest absolute Gasteiger partial charge is 0.339 e. The maximum absolute atomic E-state index is 12.4. The van der Waals surface area contributed by atoms with Crippen LogP contribution in [0.4, 0.5) is 4.79 Å². The van der Waals surface area contributed by atoms with Crippen molar-refractivity contribution >= 4 is 6.03 Å². The molecule has 1 aromatic rings. The zero-order valence-corrected chi connectivity index (χ0v) is 15.6. The minimum atomic E-state index is -0.0470. The fourth-order valence-corrected chi connectivity index (χ4v) is 5.00. The summed E-state index contributed by atoms with van der Waals surface area (Å²) in [5.74, 6) is 4.04. The van der Waals surface area contributed by atoms with Gasteiger partial charge in [-0.25, -0.2) is 4.79 Å². The molecule has 6 heteroatoms. The van der Waals surface area contributed by atoms with Crippen LogP contribution in [-0.4, -0.2) is 34.7 Å². The SMILES string of the molecule is CN(Cc1noc(C2CCC2)n1)C(=O)NC[C@H]1CC[C@@H]2C[C@H]1C2(C)C. The Labute approximate surface area is 149 Å². The number of nitrogens with one attached hydrogen (secondary N) is 1. The molecular weight excluding hydrogens is 316 g/mol. The van der Waals surface area contributed by atoms with Crippen LogP contribution >= 0.6 is 0 Å². The van der Waals surface area contributed by atoms with E-state index in [9.17, 15) is 4.79 Å². The van der Waals surface area contributed by atoms with Crippen LogP contribution < -0.4 is 5.32 Å². The molecule has 3 atom stereocenters. The minimum absolute atomic E-state index is 0.0470. The molecule has 2 bridgehead atoms. The van der Waals surface area contributed by atoms with Crippen molar-refractivity contribution in [3.8, 4) is 0 Å². The first-order valence-corrected chi connectivity index (χ1v) is 9.76. The number of rotatable bonds is 5. The number of fused-ring (bicyclic) bond motifs is 2. The lowest BCUT2D eigenvalue weighted by atomic mass is 9.45. The fraction of sp³-hybridized carbons (Fsp3) is 0.842. The molecule has 138 valence electrons. The highest BCUT2D eigenvalue weighted by molar-refractivity contribution is 5.73. The summed E-state index contributed by atoms with van der Waals surface area (Å²) >= 11 is 0. The second-order valence-electron chi connectivity index (χ2n) is 8.92. The molecule has 0 saturated heterocycles. The topological polar surface area (TPSA) is 71.3 Å². The molecular formula is C19H30N4O2. The van der Waals surface area contributed by atoms with E-state index in [-0.39, 0.29) is 6.03 Å². The van der Waals surface area contributed by atoms with Crippen molar-refractivity contribution in [2.75, 3.05) is 13.6 Å². The summed E-state index contributed by atoms with van der Waals surface area (Å²) in [6, 6.07) is -0.0470. The lowest BCUT2D eigenvalue weighted by molar-refractivity contribution is -0.103. The van der Waals surface area contributed by atoms with E-state index >= 15 is 0 Å². The number of urea groups is 1. The van der Waals surface area contributed by atoms with Gasteiger partial charge in [-0.15, -0.1) is 0 Å². The predicted octanol–water partition coefficient (Wildman–Crippen LogP) is 3.55. The van der Waals surface area contributed by atoms with Crippen molar-refractivity contribution in [1.82, 2.24) is 20.4 Å². The Morgan fingerprint density at radius 3 is 2.76 bits per heavy atom. The summed E-state index contributed by atoms with van der Waals surface area (Å²) in [7, 11) is 1.79. The lowest BCUT2D eigenvalue weighted by Crippen LogP contribution is -2.55. The molecule has 25 heavy (non-hydrogen) atoms. The molecule has 6 nitrogen and oxygen atoms in total. The Morgan fingerprint density at radius 1 is 1.32 bits per heavy atom. The molecule has 4 aliphatic carbocycles. The monoisotopic (exact) mass is 346 g/mol. The highest BCUT2D eigenvalue weighted by Crippen LogP contribution is 2.61. The molecule has 5 rings (SSSR count). The standard InChI is InChI=1S/C19H30N4O2/c1-19(2)14-8-7-13(15(19)9-14)10-20-18(24)23(3)11-16-21-17(25-22-16)12-5-4-6-12/h12-15H,4-11H2,1-3H3,(H,20,24)/t13-,14-,15-/m1/s1. The smallest absolute Gasteiger partial charge is 0.317 e. The number of hydrogen-bond acceptors (Lipinski definition) is 4. The number of hydrogen-bond donors (Lipinski definition) is 1. The summed E-state index contributed by atoms with van der Waals surface area (Å²) in [6.07, 6.45) is 7.42. The van der Waals surface area contributed by atoms with Crippen LogP contribution in [0, 0.1) is 23.2 Å². The molecule has 1 N–H and O–H groups in total. The van der Waals surface area contributed by atoms with E-state index in [4.69, 9.17) is 4.52 Å². The van der Waals surface area contributed by atoms with Gasteiger partial charge in [0.2, 0.25) is 5.89 Å². The highest BCUT2D eigenvalue weighted by Gasteiger charge is 2.53. The van der Waals surface area contributed by atoms with Crippen molar-refractivity contribution in [2.45, 2.75) is 64.8 Å². The van der Waals surface area contributed by atoms with Gasteiger partial charge in [-0.1, -0.05) is 25.4 Å². The second-order valence-corrected chi connectivity index (χ2v) is 8.92. The van der Waals surface area contributed by atoms with E-state index in [1.165, 1.54) is 25.7 Å². The van der Waals surface area contributed by atoms with Crippen molar-refractivity contribution < 1.29 is 9.32 Å². The zero-order valence-electron chi connectivity index (χ0n) is 15.6. The molecule has 2 amide bonds. The van der Waals surface area contributed by atoms with Gasteiger partial charge in [-0.3, -0.25) is 0 Å². The molecule has 4 aliphatic rings. The molecule has 0 aromatic carbocycles. The fourth-order valence-electron chi connectivity index (χ4n) is 5.00.